The first-order valence-electron chi connectivity index (χ1n) is 6.24. The summed E-state index contributed by atoms with van der Waals surface area (Å²) in [4.78, 5) is 0. The summed E-state index contributed by atoms with van der Waals surface area (Å²) < 4.78 is 1.30. The third-order valence-corrected chi connectivity index (χ3v) is 5.37. The maximum atomic E-state index is 10.4. The van der Waals surface area contributed by atoms with Gasteiger partial charge in [-0.15, -0.1) is 11.3 Å². The van der Waals surface area contributed by atoms with Gasteiger partial charge in [0.2, 0.25) is 0 Å². The molecular formula is C13H18Cl2OS. The second-order valence-corrected chi connectivity index (χ2v) is 7.21. The lowest BCUT2D eigenvalue weighted by Gasteiger charge is -2.31. The number of rotatable bonds is 3. The number of hydrogen-bond acceptors (Lipinski definition) is 2. The van der Waals surface area contributed by atoms with Crippen molar-refractivity contribution in [3.8, 4) is 0 Å². The van der Waals surface area contributed by atoms with Crippen molar-refractivity contribution < 1.29 is 5.11 Å². The summed E-state index contributed by atoms with van der Waals surface area (Å²) >= 11 is 13.4. The topological polar surface area (TPSA) is 20.2 Å². The lowest BCUT2D eigenvalue weighted by atomic mass is 9.76. The van der Waals surface area contributed by atoms with E-state index in [1.165, 1.54) is 30.6 Å². The number of halogens is 2. The van der Waals surface area contributed by atoms with Crippen molar-refractivity contribution in [3.05, 3.63) is 20.3 Å². The molecule has 17 heavy (non-hydrogen) atoms. The summed E-state index contributed by atoms with van der Waals surface area (Å²) in [6.45, 7) is 2.23. The highest BCUT2D eigenvalue weighted by Crippen LogP contribution is 2.43. The van der Waals surface area contributed by atoms with Crippen LogP contribution in [0, 0.1) is 11.8 Å². The minimum absolute atomic E-state index is 0.344. The number of aliphatic hydroxyl groups is 1. The summed E-state index contributed by atoms with van der Waals surface area (Å²) in [6.07, 6.45) is 5.50. The minimum atomic E-state index is -0.444. The van der Waals surface area contributed by atoms with Crippen molar-refractivity contribution in [3.63, 3.8) is 0 Å². The van der Waals surface area contributed by atoms with Gasteiger partial charge in [-0.2, -0.15) is 0 Å². The highest BCUT2D eigenvalue weighted by Gasteiger charge is 2.29. The molecule has 1 aliphatic rings. The average Bonchev–Trinajstić information content (AvgIpc) is 2.67. The van der Waals surface area contributed by atoms with Crippen LogP contribution < -0.4 is 0 Å². The molecule has 4 heteroatoms. The molecular weight excluding hydrogens is 275 g/mol. The Morgan fingerprint density at radius 1 is 1.47 bits per heavy atom. The van der Waals surface area contributed by atoms with E-state index in [2.05, 4.69) is 6.92 Å². The van der Waals surface area contributed by atoms with Crippen molar-refractivity contribution >= 4 is 34.5 Å². The second-order valence-electron chi connectivity index (χ2n) is 4.93. The maximum Gasteiger partial charge on any atom is 0.100 e. The Kier molecular flexibility index (Phi) is 4.76. The molecule has 1 aromatic rings. The molecule has 0 spiro atoms. The van der Waals surface area contributed by atoms with Gasteiger partial charge in [-0.05, 0) is 30.7 Å². The fourth-order valence-electron chi connectivity index (χ4n) is 2.80. The number of thiophene rings is 1. The molecule has 1 nitrogen and oxygen atoms in total. The molecule has 3 atom stereocenters. The highest BCUT2D eigenvalue weighted by atomic mass is 35.5. The molecule has 1 saturated carbocycles. The van der Waals surface area contributed by atoms with Crippen LogP contribution in [-0.2, 0) is 0 Å². The molecule has 0 aromatic carbocycles. The van der Waals surface area contributed by atoms with Crippen LogP contribution in [0.15, 0.2) is 6.07 Å². The molecule has 1 fully saturated rings. The van der Waals surface area contributed by atoms with E-state index in [4.69, 9.17) is 23.2 Å². The van der Waals surface area contributed by atoms with E-state index in [9.17, 15) is 5.11 Å². The van der Waals surface area contributed by atoms with Crippen LogP contribution in [0.2, 0.25) is 8.67 Å². The maximum absolute atomic E-state index is 10.4. The van der Waals surface area contributed by atoms with E-state index < -0.39 is 6.10 Å². The first-order chi connectivity index (χ1) is 8.11. The molecule has 0 saturated heterocycles. The Morgan fingerprint density at radius 2 is 2.24 bits per heavy atom. The van der Waals surface area contributed by atoms with Crippen LogP contribution in [0.4, 0.5) is 0 Å². The first kappa shape index (κ1) is 13.7. The van der Waals surface area contributed by atoms with Gasteiger partial charge >= 0.3 is 0 Å². The van der Waals surface area contributed by atoms with Crippen molar-refractivity contribution in [1.29, 1.82) is 0 Å². The van der Waals surface area contributed by atoms with E-state index in [0.29, 0.717) is 14.6 Å². The molecule has 1 heterocycles. The van der Waals surface area contributed by atoms with Gasteiger partial charge in [0.05, 0.1) is 10.4 Å². The van der Waals surface area contributed by atoms with E-state index >= 15 is 0 Å². The van der Waals surface area contributed by atoms with Crippen molar-refractivity contribution in [1.82, 2.24) is 0 Å². The Balaban J connectivity index is 2.08. The summed E-state index contributed by atoms with van der Waals surface area (Å²) in [7, 11) is 0. The van der Waals surface area contributed by atoms with Crippen molar-refractivity contribution in [2.45, 2.75) is 45.1 Å². The second kappa shape index (κ2) is 5.92. The monoisotopic (exact) mass is 292 g/mol. The van der Waals surface area contributed by atoms with E-state index in [1.54, 1.807) is 0 Å². The molecule has 0 radical (unpaired) electrons. The quantitative estimate of drug-likeness (QED) is 0.801. The lowest BCUT2D eigenvalue weighted by Crippen LogP contribution is -2.21. The van der Waals surface area contributed by atoms with E-state index in [0.717, 1.165) is 24.3 Å². The standard InChI is InChI=1S/C13H18Cl2OS/c1-2-8-4-3-5-9(6-8)12(16)10-7-11(14)17-13(10)15/h7-9,12,16H,2-6H2,1H3. The van der Waals surface area contributed by atoms with Gasteiger partial charge in [0.1, 0.15) is 4.34 Å². The summed E-state index contributed by atoms with van der Waals surface area (Å²) in [5, 5.41) is 10.4. The van der Waals surface area contributed by atoms with Crippen LogP contribution in [0.3, 0.4) is 0 Å². The predicted molar refractivity (Wildman–Crippen MR) is 75.0 cm³/mol. The van der Waals surface area contributed by atoms with Crippen LogP contribution in [0.5, 0.6) is 0 Å². The van der Waals surface area contributed by atoms with Crippen molar-refractivity contribution in [2.75, 3.05) is 0 Å². The van der Waals surface area contributed by atoms with Gasteiger partial charge in [0.15, 0.2) is 0 Å². The molecule has 0 amide bonds. The normalized spacial score (nSPS) is 27.1. The van der Waals surface area contributed by atoms with Gasteiger partial charge in [0.25, 0.3) is 0 Å². The summed E-state index contributed by atoms with van der Waals surface area (Å²) in [5.41, 5.74) is 0.823. The van der Waals surface area contributed by atoms with Crippen LogP contribution in [-0.4, -0.2) is 5.11 Å². The zero-order valence-corrected chi connectivity index (χ0v) is 12.3. The molecule has 3 unspecified atom stereocenters. The minimum Gasteiger partial charge on any atom is -0.388 e. The van der Waals surface area contributed by atoms with Gasteiger partial charge in [-0.25, -0.2) is 0 Å². The SMILES string of the molecule is CCC1CCCC(C(O)c2cc(Cl)sc2Cl)C1. The number of aliphatic hydroxyl groups excluding tert-OH is 1. The third-order valence-electron chi connectivity index (χ3n) is 3.85. The fourth-order valence-corrected chi connectivity index (χ4v) is 4.34. The molecule has 1 N–H and O–H groups in total. The van der Waals surface area contributed by atoms with Crippen LogP contribution in [0.25, 0.3) is 0 Å². The Hall–Kier alpha value is 0.240. The molecule has 0 aliphatic heterocycles. The average molecular weight is 293 g/mol. The smallest absolute Gasteiger partial charge is 0.100 e. The van der Waals surface area contributed by atoms with Crippen molar-refractivity contribution in [2.24, 2.45) is 11.8 Å². The van der Waals surface area contributed by atoms with Gasteiger partial charge < -0.3 is 5.11 Å². The van der Waals surface area contributed by atoms with Gasteiger partial charge in [-0.3, -0.25) is 0 Å². The third kappa shape index (κ3) is 3.17. The van der Waals surface area contributed by atoms with Crippen LogP contribution in [0.1, 0.15) is 50.7 Å². The molecule has 0 bridgehead atoms. The predicted octanol–water partition coefficient (Wildman–Crippen LogP) is 5.30. The largest absolute Gasteiger partial charge is 0.388 e. The van der Waals surface area contributed by atoms with Gasteiger partial charge in [0, 0.05) is 5.56 Å². The summed E-state index contributed by atoms with van der Waals surface area (Å²) in [5.74, 6) is 1.10. The van der Waals surface area contributed by atoms with Crippen LogP contribution >= 0.6 is 34.5 Å². The zero-order valence-electron chi connectivity index (χ0n) is 9.96. The fraction of sp³-hybridized carbons (Fsp3) is 0.692. The number of hydrogen-bond donors (Lipinski definition) is 1. The van der Waals surface area contributed by atoms with E-state index in [1.807, 2.05) is 6.07 Å². The Labute approximate surface area is 117 Å². The van der Waals surface area contributed by atoms with E-state index in [-0.39, 0.29) is 0 Å². The molecule has 1 aliphatic carbocycles. The Bertz CT molecular complexity index is 377. The molecule has 1 aromatic heterocycles. The summed E-state index contributed by atoms with van der Waals surface area (Å²) in [6, 6.07) is 1.81. The lowest BCUT2D eigenvalue weighted by molar-refractivity contribution is 0.0682. The molecule has 96 valence electrons. The Morgan fingerprint density at radius 3 is 2.82 bits per heavy atom. The zero-order chi connectivity index (χ0) is 12.4. The molecule has 2 rings (SSSR count). The highest BCUT2D eigenvalue weighted by molar-refractivity contribution is 7.20. The van der Waals surface area contributed by atoms with Gasteiger partial charge in [-0.1, -0.05) is 49.4 Å². The first-order valence-corrected chi connectivity index (χ1v) is 7.81.